The number of hydrogen-bond donors (Lipinski definition) is 2. The van der Waals surface area contributed by atoms with Gasteiger partial charge in [-0.1, -0.05) is 17.7 Å². The lowest BCUT2D eigenvalue weighted by Gasteiger charge is -2.34. The minimum absolute atomic E-state index is 0.0973. The number of H-pyrrole nitrogens is 1. The SMILES string of the molecule is CN1CCN(c2ccc(N=Cc3c(O)[nH]c4cc(Cl)ccc34)cc2)CC1. The van der Waals surface area contributed by atoms with Gasteiger partial charge in [0.05, 0.1) is 16.8 Å². The fourth-order valence-corrected chi connectivity index (χ4v) is 3.43. The number of nitrogens with zero attached hydrogens (tertiary/aromatic N) is 3. The third-order valence-electron chi connectivity index (χ3n) is 4.84. The van der Waals surface area contributed by atoms with Crippen LogP contribution in [-0.2, 0) is 0 Å². The summed E-state index contributed by atoms with van der Waals surface area (Å²) in [5.74, 6) is 0.0973. The molecule has 1 aromatic heterocycles. The van der Waals surface area contributed by atoms with Gasteiger partial charge in [0.25, 0.3) is 0 Å². The summed E-state index contributed by atoms with van der Waals surface area (Å²) in [5.41, 5.74) is 3.54. The number of rotatable bonds is 3. The van der Waals surface area contributed by atoms with Gasteiger partial charge < -0.3 is 19.9 Å². The molecule has 0 saturated carbocycles. The molecule has 0 unspecified atom stereocenters. The Hall–Kier alpha value is -2.50. The van der Waals surface area contributed by atoms with Crippen LogP contribution < -0.4 is 4.90 Å². The molecule has 0 aliphatic carbocycles. The highest BCUT2D eigenvalue weighted by Crippen LogP contribution is 2.28. The Morgan fingerprint density at radius 1 is 1.08 bits per heavy atom. The van der Waals surface area contributed by atoms with Crippen molar-refractivity contribution < 1.29 is 5.11 Å². The molecule has 0 atom stereocenters. The van der Waals surface area contributed by atoms with Crippen LogP contribution in [0.2, 0.25) is 5.02 Å². The quantitative estimate of drug-likeness (QED) is 0.686. The number of aromatic amines is 1. The molecule has 0 spiro atoms. The third-order valence-corrected chi connectivity index (χ3v) is 5.08. The molecule has 0 bridgehead atoms. The summed E-state index contributed by atoms with van der Waals surface area (Å²) in [7, 11) is 2.16. The van der Waals surface area contributed by atoms with E-state index in [2.05, 4.69) is 39.0 Å². The normalized spacial score (nSPS) is 16.0. The van der Waals surface area contributed by atoms with Crippen LogP contribution in [0.15, 0.2) is 47.5 Å². The van der Waals surface area contributed by atoms with Gasteiger partial charge in [-0.3, -0.25) is 4.99 Å². The number of hydrogen-bond acceptors (Lipinski definition) is 4. The molecule has 1 fully saturated rings. The van der Waals surface area contributed by atoms with Gasteiger partial charge in [0.1, 0.15) is 0 Å². The highest BCUT2D eigenvalue weighted by Gasteiger charge is 2.14. The third kappa shape index (κ3) is 3.41. The largest absolute Gasteiger partial charge is 0.494 e. The van der Waals surface area contributed by atoms with Crippen molar-refractivity contribution in [3.63, 3.8) is 0 Å². The zero-order valence-corrected chi connectivity index (χ0v) is 15.4. The lowest BCUT2D eigenvalue weighted by Crippen LogP contribution is -2.44. The van der Waals surface area contributed by atoms with E-state index in [1.165, 1.54) is 5.69 Å². The van der Waals surface area contributed by atoms with Crippen LogP contribution in [0.4, 0.5) is 11.4 Å². The first-order valence-electron chi connectivity index (χ1n) is 8.68. The summed E-state index contributed by atoms with van der Waals surface area (Å²) < 4.78 is 0. The smallest absolute Gasteiger partial charge is 0.198 e. The van der Waals surface area contributed by atoms with Crippen LogP contribution in [0, 0.1) is 0 Å². The van der Waals surface area contributed by atoms with Crippen molar-refractivity contribution in [1.29, 1.82) is 0 Å². The van der Waals surface area contributed by atoms with Crippen molar-refractivity contribution >= 4 is 40.1 Å². The van der Waals surface area contributed by atoms with Gasteiger partial charge in [0, 0.05) is 48.5 Å². The highest BCUT2D eigenvalue weighted by molar-refractivity contribution is 6.31. The maximum Gasteiger partial charge on any atom is 0.198 e. The number of benzene rings is 2. The van der Waals surface area contributed by atoms with Crippen LogP contribution in [0.3, 0.4) is 0 Å². The number of halogens is 1. The Bertz CT molecular complexity index is 940. The molecular formula is C20H21ClN4O. The maximum atomic E-state index is 10.1. The Balaban J connectivity index is 1.53. The van der Waals surface area contributed by atoms with Gasteiger partial charge in [-0.25, -0.2) is 0 Å². The van der Waals surface area contributed by atoms with Crippen molar-refractivity contribution in [3.8, 4) is 5.88 Å². The Labute approximate surface area is 157 Å². The molecule has 1 aliphatic rings. The van der Waals surface area contributed by atoms with E-state index in [9.17, 15) is 5.11 Å². The molecule has 2 N–H and O–H groups in total. The summed E-state index contributed by atoms with van der Waals surface area (Å²) in [6.07, 6.45) is 1.69. The number of aromatic hydroxyl groups is 1. The predicted molar refractivity (Wildman–Crippen MR) is 108 cm³/mol. The van der Waals surface area contributed by atoms with Gasteiger partial charge in [0.15, 0.2) is 5.88 Å². The number of nitrogens with one attached hydrogen (secondary N) is 1. The van der Waals surface area contributed by atoms with Crippen LogP contribution in [0.25, 0.3) is 10.9 Å². The van der Waals surface area contributed by atoms with Crippen LogP contribution in [0.5, 0.6) is 5.88 Å². The topological polar surface area (TPSA) is 54.9 Å². The van der Waals surface area contributed by atoms with E-state index < -0.39 is 0 Å². The second-order valence-electron chi connectivity index (χ2n) is 6.64. The van der Waals surface area contributed by atoms with E-state index in [1.807, 2.05) is 18.2 Å². The number of piperazine rings is 1. The molecule has 5 nitrogen and oxygen atoms in total. The molecule has 1 saturated heterocycles. The molecule has 1 aliphatic heterocycles. The molecule has 26 heavy (non-hydrogen) atoms. The van der Waals surface area contributed by atoms with Crippen molar-refractivity contribution in [1.82, 2.24) is 9.88 Å². The standard InChI is InChI=1S/C20H21ClN4O/c1-24-8-10-25(11-9-24)16-5-3-15(4-6-16)22-13-18-17-7-2-14(21)12-19(17)23-20(18)26/h2-7,12-13,23,26H,8-11H2,1H3. The van der Waals surface area contributed by atoms with Crippen LogP contribution >= 0.6 is 11.6 Å². The first kappa shape index (κ1) is 16.9. The van der Waals surface area contributed by atoms with Gasteiger partial charge in [-0.15, -0.1) is 0 Å². The van der Waals surface area contributed by atoms with E-state index in [0.717, 1.165) is 42.8 Å². The lowest BCUT2D eigenvalue weighted by molar-refractivity contribution is 0.313. The minimum atomic E-state index is 0.0973. The first-order chi connectivity index (χ1) is 12.6. The number of aliphatic imine (C=N–C) groups is 1. The van der Waals surface area contributed by atoms with Crippen LogP contribution in [-0.4, -0.2) is 54.4 Å². The minimum Gasteiger partial charge on any atom is -0.494 e. The monoisotopic (exact) mass is 368 g/mol. The Kier molecular flexibility index (Phi) is 4.57. The number of anilines is 1. The fourth-order valence-electron chi connectivity index (χ4n) is 3.26. The van der Waals surface area contributed by atoms with Gasteiger partial charge in [0.2, 0.25) is 0 Å². The van der Waals surface area contributed by atoms with Crippen molar-refractivity contribution in [2.24, 2.45) is 4.99 Å². The van der Waals surface area contributed by atoms with E-state index >= 15 is 0 Å². The Morgan fingerprint density at radius 3 is 2.54 bits per heavy atom. The molecule has 2 aromatic carbocycles. The highest BCUT2D eigenvalue weighted by atomic mass is 35.5. The van der Waals surface area contributed by atoms with E-state index in [0.29, 0.717) is 10.6 Å². The number of likely N-dealkylation sites (N-methyl/N-ethyl adjacent to an activating group) is 1. The van der Waals surface area contributed by atoms with Gasteiger partial charge >= 0.3 is 0 Å². The molecule has 4 rings (SSSR count). The lowest BCUT2D eigenvalue weighted by atomic mass is 10.2. The zero-order chi connectivity index (χ0) is 18.1. The fraction of sp³-hybridized carbons (Fsp3) is 0.250. The van der Waals surface area contributed by atoms with E-state index in [1.54, 1.807) is 18.3 Å². The van der Waals surface area contributed by atoms with Crippen molar-refractivity contribution in [2.45, 2.75) is 0 Å². The first-order valence-corrected chi connectivity index (χ1v) is 9.06. The molecule has 6 heteroatoms. The summed E-state index contributed by atoms with van der Waals surface area (Å²) >= 11 is 6.00. The molecule has 2 heterocycles. The summed E-state index contributed by atoms with van der Waals surface area (Å²) in [5, 5.41) is 11.7. The summed E-state index contributed by atoms with van der Waals surface area (Å²) in [6.45, 7) is 4.27. The zero-order valence-electron chi connectivity index (χ0n) is 14.6. The summed E-state index contributed by atoms with van der Waals surface area (Å²) in [6, 6.07) is 13.7. The molecule has 3 aromatic rings. The predicted octanol–water partition coefficient (Wildman–Crippen LogP) is 4.03. The van der Waals surface area contributed by atoms with Crippen molar-refractivity contribution in [2.75, 3.05) is 38.1 Å². The van der Waals surface area contributed by atoms with Gasteiger partial charge in [-0.05, 0) is 43.4 Å². The average Bonchev–Trinajstić information content (AvgIpc) is 2.95. The second kappa shape index (κ2) is 7.02. The van der Waals surface area contributed by atoms with E-state index in [4.69, 9.17) is 11.6 Å². The molecular weight excluding hydrogens is 348 g/mol. The van der Waals surface area contributed by atoms with Gasteiger partial charge in [-0.2, -0.15) is 0 Å². The average molecular weight is 369 g/mol. The number of fused-ring (bicyclic) bond motifs is 1. The maximum absolute atomic E-state index is 10.1. The van der Waals surface area contributed by atoms with Crippen molar-refractivity contribution in [3.05, 3.63) is 53.1 Å². The van der Waals surface area contributed by atoms with Crippen LogP contribution in [0.1, 0.15) is 5.56 Å². The molecule has 134 valence electrons. The second-order valence-corrected chi connectivity index (χ2v) is 7.08. The Morgan fingerprint density at radius 2 is 1.81 bits per heavy atom. The molecule has 0 amide bonds. The number of aromatic nitrogens is 1. The van der Waals surface area contributed by atoms with E-state index in [-0.39, 0.29) is 5.88 Å². The summed E-state index contributed by atoms with van der Waals surface area (Å²) in [4.78, 5) is 12.2. The molecule has 0 radical (unpaired) electrons.